The highest BCUT2D eigenvalue weighted by molar-refractivity contribution is 5.70. The van der Waals surface area contributed by atoms with Crippen LogP contribution in [0.5, 0.6) is 0 Å². The summed E-state index contributed by atoms with van der Waals surface area (Å²) in [6.45, 7) is 2.17. The summed E-state index contributed by atoms with van der Waals surface area (Å²) in [5.74, 6) is -0.469. The second kappa shape index (κ2) is 8.14. The SMILES string of the molecule is CCCC1CCC(c2ccc(C3=CCc4c(F)cc(F)cc4C3)cc2)C(F)C1. The molecule has 0 N–H and O–H groups in total. The van der Waals surface area contributed by atoms with Gasteiger partial charge in [-0.3, -0.25) is 0 Å². The Balaban J connectivity index is 1.48. The second-order valence-corrected chi connectivity index (χ2v) is 8.35. The summed E-state index contributed by atoms with van der Waals surface area (Å²) < 4.78 is 42.2. The van der Waals surface area contributed by atoms with Gasteiger partial charge in [0.25, 0.3) is 0 Å². The topological polar surface area (TPSA) is 0 Å². The van der Waals surface area contributed by atoms with E-state index >= 15 is 0 Å². The first-order valence-electron chi connectivity index (χ1n) is 10.5. The minimum atomic E-state index is -0.761. The first-order valence-corrected chi connectivity index (χ1v) is 10.5. The van der Waals surface area contributed by atoms with Crippen LogP contribution in [0.2, 0.25) is 0 Å². The smallest absolute Gasteiger partial charge is 0.129 e. The van der Waals surface area contributed by atoms with E-state index in [1.807, 2.05) is 30.3 Å². The van der Waals surface area contributed by atoms with Gasteiger partial charge in [-0.25, -0.2) is 13.2 Å². The van der Waals surface area contributed by atoms with E-state index in [1.54, 1.807) is 0 Å². The maximum atomic E-state index is 14.7. The molecule has 0 aliphatic heterocycles. The van der Waals surface area contributed by atoms with Crippen LogP contribution in [-0.2, 0) is 12.8 Å². The minimum absolute atomic E-state index is 0.00795. The van der Waals surface area contributed by atoms with Crippen LogP contribution < -0.4 is 0 Å². The predicted molar refractivity (Wildman–Crippen MR) is 108 cm³/mol. The number of hydrogen-bond donors (Lipinski definition) is 0. The zero-order valence-corrected chi connectivity index (χ0v) is 16.4. The largest absolute Gasteiger partial charge is 0.247 e. The summed E-state index contributed by atoms with van der Waals surface area (Å²) in [5.41, 5.74) is 4.50. The quantitative estimate of drug-likeness (QED) is 0.524. The van der Waals surface area contributed by atoms with Crippen molar-refractivity contribution in [1.29, 1.82) is 0 Å². The Hall–Kier alpha value is -2.03. The molecule has 2 aliphatic rings. The van der Waals surface area contributed by atoms with Crippen LogP contribution >= 0.6 is 0 Å². The van der Waals surface area contributed by atoms with Crippen LogP contribution in [-0.4, -0.2) is 6.17 Å². The number of rotatable bonds is 4. The Bertz CT molecular complexity index is 866. The molecule has 1 fully saturated rings. The molecule has 4 rings (SSSR count). The standard InChI is InChI=1S/C25H27F3/c1-2-3-16-4-10-22(24(27)12-16)18-7-5-17(6-8-18)19-9-11-23-20(13-19)14-21(26)15-25(23)28/h5-9,14-16,22,24H,2-4,10-13H2,1H3. The second-order valence-electron chi connectivity index (χ2n) is 8.35. The fourth-order valence-corrected chi connectivity index (χ4v) is 4.95. The van der Waals surface area contributed by atoms with E-state index in [-0.39, 0.29) is 5.92 Å². The van der Waals surface area contributed by atoms with Gasteiger partial charge >= 0.3 is 0 Å². The zero-order valence-electron chi connectivity index (χ0n) is 16.4. The summed E-state index contributed by atoms with van der Waals surface area (Å²) >= 11 is 0. The highest BCUT2D eigenvalue weighted by Gasteiger charge is 2.31. The van der Waals surface area contributed by atoms with Gasteiger partial charge in [0, 0.05) is 12.0 Å². The van der Waals surface area contributed by atoms with Gasteiger partial charge in [-0.2, -0.15) is 0 Å². The fourth-order valence-electron chi connectivity index (χ4n) is 4.95. The van der Waals surface area contributed by atoms with Gasteiger partial charge in [0.05, 0.1) is 0 Å². The normalized spacial score (nSPS) is 24.6. The summed E-state index contributed by atoms with van der Waals surface area (Å²) in [5, 5.41) is 0. The van der Waals surface area contributed by atoms with Gasteiger partial charge in [-0.05, 0) is 71.9 Å². The Morgan fingerprint density at radius 2 is 1.82 bits per heavy atom. The van der Waals surface area contributed by atoms with Crippen molar-refractivity contribution in [2.24, 2.45) is 5.92 Å². The third-order valence-electron chi connectivity index (χ3n) is 6.47. The molecule has 0 radical (unpaired) electrons. The van der Waals surface area contributed by atoms with Crippen LogP contribution in [0.15, 0.2) is 42.5 Å². The number of alkyl halides is 1. The van der Waals surface area contributed by atoms with Gasteiger partial charge in [-0.15, -0.1) is 0 Å². The van der Waals surface area contributed by atoms with Crippen molar-refractivity contribution in [3.8, 4) is 0 Å². The van der Waals surface area contributed by atoms with E-state index < -0.39 is 17.8 Å². The predicted octanol–water partition coefficient (Wildman–Crippen LogP) is 7.17. The van der Waals surface area contributed by atoms with Crippen molar-refractivity contribution in [2.75, 3.05) is 0 Å². The fraction of sp³-hybridized carbons (Fsp3) is 0.440. The monoisotopic (exact) mass is 384 g/mol. The Kier molecular flexibility index (Phi) is 5.61. The van der Waals surface area contributed by atoms with E-state index in [0.29, 0.717) is 30.7 Å². The van der Waals surface area contributed by atoms with Gasteiger partial charge in [0.1, 0.15) is 17.8 Å². The number of hydrogen-bond acceptors (Lipinski definition) is 0. The first-order chi connectivity index (χ1) is 13.5. The number of allylic oxidation sites excluding steroid dienone is 2. The number of halogens is 3. The molecule has 0 bridgehead atoms. The van der Waals surface area contributed by atoms with Gasteiger partial charge in [-0.1, -0.05) is 50.1 Å². The number of benzene rings is 2. The molecule has 3 heteroatoms. The molecule has 0 heterocycles. The average molecular weight is 384 g/mol. The molecule has 3 atom stereocenters. The summed E-state index contributed by atoms with van der Waals surface area (Å²) in [6, 6.07) is 10.5. The lowest BCUT2D eigenvalue weighted by atomic mass is 9.75. The lowest BCUT2D eigenvalue weighted by Crippen LogP contribution is -2.24. The third-order valence-corrected chi connectivity index (χ3v) is 6.47. The summed E-state index contributed by atoms with van der Waals surface area (Å²) in [6.07, 6.45) is 7.23. The zero-order chi connectivity index (χ0) is 19.7. The Morgan fingerprint density at radius 1 is 1.04 bits per heavy atom. The molecule has 0 amide bonds. The van der Waals surface area contributed by atoms with Crippen molar-refractivity contribution in [3.05, 3.63) is 76.4 Å². The van der Waals surface area contributed by atoms with Gasteiger partial charge in [0.15, 0.2) is 0 Å². The summed E-state index contributed by atoms with van der Waals surface area (Å²) in [7, 11) is 0. The van der Waals surface area contributed by atoms with Crippen LogP contribution in [0.1, 0.15) is 67.2 Å². The van der Waals surface area contributed by atoms with Crippen molar-refractivity contribution in [2.45, 2.75) is 64.0 Å². The van der Waals surface area contributed by atoms with E-state index in [2.05, 4.69) is 6.92 Å². The van der Waals surface area contributed by atoms with Crippen molar-refractivity contribution in [1.82, 2.24) is 0 Å². The third kappa shape index (κ3) is 3.90. The first kappa shape index (κ1) is 19.3. The average Bonchev–Trinajstić information content (AvgIpc) is 2.68. The minimum Gasteiger partial charge on any atom is -0.247 e. The van der Waals surface area contributed by atoms with Gasteiger partial charge < -0.3 is 0 Å². The van der Waals surface area contributed by atoms with Gasteiger partial charge in [0.2, 0.25) is 0 Å². The molecule has 2 aromatic rings. The van der Waals surface area contributed by atoms with Crippen LogP contribution in [0.25, 0.3) is 5.57 Å². The van der Waals surface area contributed by atoms with Crippen LogP contribution in [0.4, 0.5) is 13.2 Å². The highest BCUT2D eigenvalue weighted by atomic mass is 19.1. The molecule has 28 heavy (non-hydrogen) atoms. The Labute approximate surface area is 165 Å². The molecule has 2 aromatic carbocycles. The molecule has 0 aromatic heterocycles. The lowest BCUT2D eigenvalue weighted by molar-refractivity contribution is 0.163. The maximum Gasteiger partial charge on any atom is 0.129 e. The van der Waals surface area contributed by atoms with E-state index in [1.165, 1.54) is 6.07 Å². The van der Waals surface area contributed by atoms with Crippen molar-refractivity contribution in [3.63, 3.8) is 0 Å². The maximum absolute atomic E-state index is 14.7. The van der Waals surface area contributed by atoms with E-state index in [4.69, 9.17) is 0 Å². The van der Waals surface area contributed by atoms with E-state index in [0.717, 1.165) is 54.0 Å². The number of fused-ring (bicyclic) bond motifs is 1. The Morgan fingerprint density at radius 3 is 2.54 bits per heavy atom. The lowest BCUT2D eigenvalue weighted by Gasteiger charge is -2.32. The molecule has 0 spiro atoms. The van der Waals surface area contributed by atoms with Crippen molar-refractivity contribution < 1.29 is 13.2 Å². The summed E-state index contributed by atoms with van der Waals surface area (Å²) in [4.78, 5) is 0. The molecular formula is C25H27F3. The molecular weight excluding hydrogens is 357 g/mol. The molecule has 0 nitrogen and oxygen atoms in total. The van der Waals surface area contributed by atoms with E-state index in [9.17, 15) is 13.2 Å². The van der Waals surface area contributed by atoms with Crippen molar-refractivity contribution >= 4 is 5.57 Å². The highest BCUT2D eigenvalue weighted by Crippen LogP contribution is 2.40. The molecule has 2 aliphatic carbocycles. The molecule has 1 saturated carbocycles. The van der Waals surface area contributed by atoms with Crippen LogP contribution in [0, 0.1) is 17.6 Å². The molecule has 3 unspecified atom stereocenters. The van der Waals surface area contributed by atoms with Crippen LogP contribution in [0.3, 0.4) is 0 Å². The molecule has 0 saturated heterocycles. The molecule has 148 valence electrons.